The minimum absolute atomic E-state index is 0.757. The third kappa shape index (κ3) is 6.03. The van der Waals surface area contributed by atoms with Crippen molar-refractivity contribution in [3.63, 3.8) is 0 Å². The molecule has 0 aromatic rings. The highest BCUT2D eigenvalue weighted by Crippen LogP contribution is 2.00. The lowest BCUT2D eigenvalue weighted by Crippen LogP contribution is -1.75. The van der Waals surface area contributed by atoms with E-state index >= 15 is 0 Å². The van der Waals surface area contributed by atoms with Gasteiger partial charge in [-0.05, 0) is 19.8 Å². The molecule has 0 spiro atoms. The summed E-state index contributed by atoms with van der Waals surface area (Å²) in [6, 6.07) is 0. The normalized spacial score (nSPS) is 8.86. The fourth-order valence-electron chi connectivity index (χ4n) is 0.369. The van der Waals surface area contributed by atoms with Crippen molar-refractivity contribution in [2.75, 3.05) is 5.88 Å². The average Bonchev–Trinajstić information content (AvgIpc) is 1.61. The molecule has 0 fully saturated rings. The van der Waals surface area contributed by atoms with Crippen molar-refractivity contribution < 1.29 is 0 Å². The Morgan fingerprint density at radius 3 is 2.43 bits per heavy atom. The lowest BCUT2D eigenvalue weighted by Gasteiger charge is -1.90. The van der Waals surface area contributed by atoms with Crippen molar-refractivity contribution in [1.29, 1.82) is 0 Å². The fraction of sp³-hybridized carbons (Fsp3) is 0.667. The Balaban J connectivity index is 2.82. The summed E-state index contributed by atoms with van der Waals surface area (Å²) in [5.74, 6) is 0.757. The molecule has 7 heavy (non-hydrogen) atoms. The highest BCUT2D eigenvalue weighted by Gasteiger charge is 1.82. The first-order chi connectivity index (χ1) is 3.27. The van der Waals surface area contributed by atoms with E-state index in [2.05, 4.69) is 6.58 Å². The second-order valence-electron chi connectivity index (χ2n) is 1.75. The molecule has 1 heteroatoms. The second kappa shape index (κ2) is 4.20. The van der Waals surface area contributed by atoms with E-state index in [4.69, 9.17) is 11.6 Å². The maximum Gasteiger partial charge on any atom is 0.0226 e. The number of hydrogen-bond acceptors (Lipinski definition) is 0. The molecule has 0 rings (SSSR count). The first-order valence-electron chi connectivity index (χ1n) is 2.47. The Kier molecular flexibility index (Phi) is 4.21. The minimum atomic E-state index is 0.757. The summed E-state index contributed by atoms with van der Waals surface area (Å²) in [6.07, 6.45) is 2.14. The minimum Gasteiger partial charge on any atom is -0.127 e. The van der Waals surface area contributed by atoms with Crippen molar-refractivity contribution in [3.8, 4) is 0 Å². The van der Waals surface area contributed by atoms with Gasteiger partial charge in [-0.1, -0.05) is 5.57 Å². The fourth-order valence-corrected chi connectivity index (χ4v) is 0.502. The van der Waals surface area contributed by atoms with Gasteiger partial charge in [-0.3, -0.25) is 0 Å². The van der Waals surface area contributed by atoms with Crippen LogP contribution in [0.15, 0.2) is 12.2 Å². The van der Waals surface area contributed by atoms with Crippen LogP contribution < -0.4 is 0 Å². The maximum absolute atomic E-state index is 5.40. The van der Waals surface area contributed by atoms with Crippen molar-refractivity contribution in [2.45, 2.75) is 19.8 Å². The molecule has 42 valence electrons. The zero-order chi connectivity index (χ0) is 5.70. The van der Waals surface area contributed by atoms with Crippen LogP contribution in [0, 0.1) is 0 Å². The van der Waals surface area contributed by atoms with Gasteiger partial charge in [0.15, 0.2) is 0 Å². The lowest BCUT2D eigenvalue weighted by atomic mass is 10.2. The molecular formula is C6H11Cl. The molecule has 0 saturated carbocycles. The topological polar surface area (TPSA) is 0 Å². The van der Waals surface area contributed by atoms with E-state index in [1.54, 1.807) is 0 Å². The van der Waals surface area contributed by atoms with Gasteiger partial charge in [0.25, 0.3) is 0 Å². The number of rotatable bonds is 3. The van der Waals surface area contributed by atoms with Crippen LogP contribution in [0.4, 0.5) is 0 Å². The molecule has 0 radical (unpaired) electrons. The van der Waals surface area contributed by atoms with Gasteiger partial charge in [-0.2, -0.15) is 0 Å². The van der Waals surface area contributed by atoms with Gasteiger partial charge in [-0.25, -0.2) is 0 Å². The summed E-state index contributed by atoms with van der Waals surface area (Å²) in [7, 11) is 0. The van der Waals surface area contributed by atoms with Gasteiger partial charge in [0, 0.05) is 5.88 Å². The Hall–Kier alpha value is 0.0300. The standard InChI is InChI=1S/C6H11Cl/c1-6(2)4-3-5-7/h1,3-5H2,2H3. The first kappa shape index (κ1) is 7.03. The summed E-state index contributed by atoms with van der Waals surface area (Å²) in [6.45, 7) is 5.75. The van der Waals surface area contributed by atoms with Crippen LogP contribution in [0.2, 0.25) is 0 Å². The Morgan fingerprint density at radius 1 is 1.71 bits per heavy atom. The van der Waals surface area contributed by atoms with Gasteiger partial charge >= 0.3 is 0 Å². The van der Waals surface area contributed by atoms with Crippen LogP contribution in [0.25, 0.3) is 0 Å². The molecule has 0 amide bonds. The molecular weight excluding hydrogens is 108 g/mol. The SMILES string of the molecule is C=C(C)CCCCl. The Labute approximate surface area is 50.2 Å². The van der Waals surface area contributed by atoms with E-state index in [-0.39, 0.29) is 0 Å². The predicted molar refractivity (Wildman–Crippen MR) is 34.8 cm³/mol. The predicted octanol–water partition coefficient (Wildman–Crippen LogP) is 2.58. The van der Waals surface area contributed by atoms with E-state index in [9.17, 15) is 0 Å². The largest absolute Gasteiger partial charge is 0.127 e. The van der Waals surface area contributed by atoms with Crippen LogP contribution in [0.5, 0.6) is 0 Å². The second-order valence-corrected chi connectivity index (χ2v) is 2.13. The van der Waals surface area contributed by atoms with E-state index in [1.807, 2.05) is 6.92 Å². The third-order valence-electron chi connectivity index (χ3n) is 0.737. The summed E-state index contributed by atoms with van der Waals surface area (Å²) in [5, 5.41) is 0. The molecule has 0 nitrogen and oxygen atoms in total. The number of alkyl halides is 1. The molecule has 0 aromatic carbocycles. The summed E-state index contributed by atoms with van der Waals surface area (Å²) in [4.78, 5) is 0. The monoisotopic (exact) mass is 118 g/mol. The third-order valence-corrected chi connectivity index (χ3v) is 1.00. The molecule has 0 aliphatic heterocycles. The molecule has 0 aliphatic carbocycles. The van der Waals surface area contributed by atoms with Crippen molar-refractivity contribution >= 4 is 11.6 Å². The van der Waals surface area contributed by atoms with Gasteiger partial charge in [0.2, 0.25) is 0 Å². The van der Waals surface area contributed by atoms with Gasteiger partial charge in [0.1, 0.15) is 0 Å². The molecule has 0 aliphatic rings. The Bertz CT molecular complexity index is 57.2. The zero-order valence-corrected chi connectivity index (χ0v) is 5.46. The van der Waals surface area contributed by atoms with Crippen molar-refractivity contribution in [2.24, 2.45) is 0 Å². The first-order valence-corrected chi connectivity index (χ1v) is 3.01. The van der Waals surface area contributed by atoms with Crippen LogP contribution in [-0.2, 0) is 0 Å². The van der Waals surface area contributed by atoms with Crippen molar-refractivity contribution in [3.05, 3.63) is 12.2 Å². The Morgan fingerprint density at radius 2 is 2.29 bits per heavy atom. The maximum atomic E-state index is 5.40. The number of halogens is 1. The molecule has 0 saturated heterocycles. The van der Waals surface area contributed by atoms with Gasteiger partial charge < -0.3 is 0 Å². The van der Waals surface area contributed by atoms with Gasteiger partial charge in [-0.15, -0.1) is 18.2 Å². The van der Waals surface area contributed by atoms with Crippen LogP contribution in [0.1, 0.15) is 19.8 Å². The van der Waals surface area contributed by atoms with E-state index < -0.39 is 0 Å². The molecule has 0 atom stereocenters. The molecule has 0 bridgehead atoms. The van der Waals surface area contributed by atoms with Gasteiger partial charge in [0.05, 0.1) is 0 Å². The molecule has 0 aromatic heterocycles. The molecule has 0 N–H and O–H groups in total. The van der Waals surface area contributed by atoms with Crippen LogP contribution in [0.3, 0.4) is 0 Å². The summed E-state index contributed by atoms with van der Waals surface area (Å²) < 4.78 is 0. The van der Waals surface area contributed by atoms with E-state index in [0.29, 0.717) is 0 Å². The van der Waals surface area contributed by atoms with Crippen LogP contribution in [-0.4, -0.2) is 5.88 Å². The molecule has 0 unspecified atom stereocenters. The summed E-state index contributed by atoms with van der Waals surface area (Å²) >= 11 is 5.40. The highest BCUT2D eigenvalue weighted by atomic mass is 35.5. The van der Waals surface area contributed by atoms with Crippen LogP contribution >= 0.6 is 11.6 Å². The average molecular weight is 119 g/mol. The lowest BCUT2D eigenvalue weighted by molar-refractivity contribution is 0.916. The molecule has 0 heterocycles. The van der Waals surface area contributed by atoms with E-state index in [1.165, 1.54) is 5.57 Å². The number of hydrogen-bond donors (Lipinski definition) is 0. The van der Waals surface area contributed by atoms with E-state index in [0.717, 1.165) is 18.7 Å². The highest BCUT2D eigenvalue weighted by molar-refractivity contribution is 6.17. The summed E-state index contributed by atoms with van der Waals surface area (Å²) in [5.41, 5.74) is 1.22. The zero-order valence-electron chi connectivity index (χ0n) is 4.71. The quantitative estimate of drug-likeness (QED) is 0.395. The van der Waals surface area contributed by atoms with Crippen molar-refractivity contribution in [1.82, 2.24) is 0 Å². The number of allylic oxidation sites excluding steroid dienone is 1. The smallest absolute Gasteiger partial charge is 0.0226 e.